The van der Waals surface area contributed by atoms with E-state index in [-0.39, 0.29) is 11.5 Å². The van der Waals surface area contributed by atoms with E-state index in [9.17, 15) is 9.90 Å². The second-order valence-corrected chi connectivity index (χ2v) is 10.6. The summed E-state index contributed by atoms with van der Waals surface area (Å²) < 4.78 is 6.90. The Labute approximate surface area is 210 Å². The van der Waals surface area contributed by atoms with Crippen LogP contribution in [0.15, 0.2) is 66.7 Å². The Bertz CT molecular complexity index is 1340. The molecule has 1 aliphatic heterocycles. The molecule has 0 radical (unpaired) electrons. The molecule has 0 aliphatic carbocycles. The lowest BCUT2D eigenvalue weighted by molar-refractivity contribution is 0.104. The van der Waals surface area contributed by atoms with Crippen LogP contribution in [-0.4, -0.2) is 42.0 Å². The van der Waals surface area contributed by atoms with E-state index in [4.69, 9.17) is 4.74 Å². The predicted octanol–water partition coefficient (Wildman–Crippen LogP) is 6.92. The summed E-state index contributed by atoms with van der Waals surface area (Å²) in [5.41, 5.74) is 3.54. The fourth-order valence-corrected chi connectivity index (χ4v) is 6.12. The minimum absolute atomic E-state index is 0.00958. The first-order chi connectivity index (χ1) is 17.0. The van der Waals surface area contributed by atoms with Crippen molar-refractivity contribution in [1.29, 1.82) is 0 Å². The molecule has 1 atom stereocenters. The van der Waals surface area contributed by atoms with Gasteiger partial charge >= 0.3 is 0 Å². The molecule has 0 saturated carbocycles. The number of hydrogen-bond donors (Lipinski definition) is 1. The average molecular weight is 486 g/mol. The van der Waals surface area contributed by atoms with Gasteiger partial charge in [-0.25, -0.2) is 0 Å². The van der Waals surface area contributed by atoms with E-state index in [1.54, 1.807) is 12.1 Å². The summed E-state index contributed by atoms with van der Waals surface area (Å²) in [5.74, 6) is 1.86. The number of aryl methyl sites for hydroxylation is 1. The predicted molar refractivity (Wildman–Crippen MR) is 144 cm³/mol. The zero-order valence-electron chi connectivity index (χ0n) is 20.3. The van der Waals surface area contributed by atoms with Crippen LogP contribution in [0, 0.1) is 12.8 Å². The molecule has 4 aromatic rings. The van der Waals surface area contributed by atoms with Crippen LogP contribution in [0.5, 0.6) is 11.5 Å². The van der Waals surface area contributed by atoms with Gasteiger partial charge in [0.05, 0.1) is 11.5 Å². The Balaban J connectivity index is 1.38. The molecule has 35 heavy (non-hydrogen) atoms. The number of phenolic OH excluding ortho intramolecular Hbond substituents is 1. The SMILES string of the molecule is Cc1ccccc1C(=O)c1sc2cc(O)ccc2c1-c1ccc(OCCCN2CC[C@H](C)C2)cc1. The minimum atomic E-state index is 0.00958. The lowest BCUT2D eigenvalue weighted by atomic mass is 9.96. The van der Waals surface area contributed by atoms with E-state index in [1.807, 2.05) is 61.5 Å². The van der Waals surface area contributed by atoms with Gasteiger partial charge in [0.15, 0.2) is 0 Å². The summed E-state index contributed by atoms with van der Waals surface area (Å²) in [6.45, 7) is 8.46. The summed E-state index contributed by atoms with van der Waals surface area (Å²) in [4.78, 5) is 16.8. The third-order valence-electron chi connectivity index (χ3n) is 6.81. The van der Waals surface area contributed by atoms with E-state index in [0.29, 0.717) is 17.0 Å². The van der Waals surface area contributed by atoms with Gasteiger partial charge in [-0.1, -0.05) is 43.3 Å². The van der Waals surface area contributed by atoms with E-state index >= 15 is 0 Å². The van der Waals surface area contributed by atoms with E-state index < -0.39 is 0 Å². The summed E-state index contributed by atoms with van der Waals surface area (Å²) in [6.07, 6.45) is 2.32. The van der Waals surface area contributed by atoms with E-state index in [0.717, 1.165) is 51.4 Å². The van der Waals surface area contributed by atoms with Crippen molar-refractivity contribution >= 4 is 27.2 Å². The van der Waals surface area contributed by atoms with Crippen LogP contribution in [0.3, 0.4) is 0 Å². The number of thiophene rings is 1. The number of benzene rings is 3. The number of fused-ring (bicyclic) bond motifs is 1. The van der Waals surface area contributed by atoms with Crippen LogP contribution in [-0.2, 0) is 0 Å². The number of aromatic hydroxyl groups is 1. The van der Waals surface area contributed by atoms with Crippen LogP contribution in [0.4, 0.5) is 0 Å². The largest absolute Gasteiger partial charge is 0.508 e. The topological polar surface area (TPSA) is 49.8 Å². The Morgan fingerprint density at radius 3 is 2.66 bits per heavy atom. The zero-order valence-corrected chi connectivity index (χ0v) is 21.1. The molecule has 4 nitrogen and oxygen atoms in total. The quantitative estimate of drug-likeness (QED) is 0.217. The van der Waals surface area contributed by atoms with Gasteiger partial charge < -0.3 is 14.7 Å². The highest BCUT2D eigenvalue weighted by atomic mass is 32.1. The molecule has 1 fully saturated rings. The van der Waals surface area contributed by atoms with Crippen LogP contribution in [0.25, 0.3) is 21.2 Å². The normalized spacial score (nSPS) is 16.1. The highest BCUT2D eigenvalue weighted by Crippen LogP contribution is 2.41. The highest BCUT2D eigenvalue weighted by molar-refractivity contribution is 7.21. The molecule has 0 unspecified atom stereocenters. The monoisotopic (exact) mass is 485 g/mol. The van der Waals surface area contributed by atoms with E-state index in [1.165, 1.54) is 30.8 Å². The van der Waals surface area contributed by atoms with Crippen molar-refractivity contribution in [2.45, 2.75) is 26.7 Å². The van der Waals surface area contributed by atoms with Gasteiger partial charge in [-0.05, 0) is 73.7 Å². The smallest absolute Gasteiger partial charge is 0.203 e. The number of likely N-dealkylation sites (tertiary alicyclic amines) is 1. The maximum Gasteiger partial charge on any atom is 0.203 e. The van der Waals surface area contributed by atoms with Crippen LogP contribution in [0.2, 0.25) is 0 Å². The molecule has 3 aromatic carbocycles. The van der Waals surface area contributed by atoms with Crippen LogP contribution >= 0.6 is 11.3 Å². The lowest BCUT2D eigenvalue weighted by Crippen LogP contribution is -2.22. The van der Waals surface area contributed by atoms with Crippen molar-refractivity contribution < 1.29 is 14.6 Å². The molecule has 180 valence electrons. The Morgan fingerprint density at radius 2 is 1.91 bits per heavy atom. The first-order valence-electron chi connectivity index (χ1n) is 12.3. The number of hydrogen-bond acceptors (Lipinski definition) is 5. The maximum atomic E-state index is 13.6. The Morgan fingerprint density at radius 1 is 1.11 bits per heavy atom. The summed E-state index contributed by atoms with van der Waals surface area (Å²) in [6, 6.07) is 21.0. The molecule has 5 heteroatoms. The number of phenols is 1. The molecule has 2 heterocycles. The van der Waals surface area contributed by atoms with Crippen molar-refractivity contribution in [3.63, 3.8) is 0 Å². The number of nitrogens with zero attached hydrogens (tertiary/aromatic N) is 1. The Hall–Kier alpha value is -3.15. The summed E-state index contributed by atoms with van der Waals surface area (Å²) in [5, 5.41) is 11.0. The van der Waals surface area contributed by atoms with Gasteiger partial charge in [0.25, 0.3) is 0 Å². The molecule has 1 aliphatic rings. The van der Waals surface area contributed by atoms with Crippen LogP contribution in [0.1, 0.15) is 40.6 Å². The van der Waals surface area contributed by atoms with Crippen molar-refractivity contribution in [2.75, 3.05) is 26.2 Å². The average Bonchev–Trinajstić information content (AvgIpc) is 3.45. The number of rotatable bonds is 8. The van der Waals surface area contributed by atoms with Crippen LogP contribution < -0.4 is 4.74 Å². The fourth-order valence-electron chi connectivity index (χ4n) is 4.91. The number of ether oxygens (including phenoxy) is 1. The molecule has 5 rings (SSSR count). The van der Waals surface area contributed by atoms with Gasteiger partial charge in [0.1, 0.15) is 11.5 Å². The Kier molecular flexibility index (Phi) is 6.89. The van der Waals surface area contributed by atoms with E-state index in [2.05, 4.69) is 11.8 Å². The maximum absolute atomic E-state index is 13.6. The fraction of sp³-hybridized carbons (Fsp3) is 0.300. The first kappa shape index (κ1) is 23.6. The van der Waals surface area contributed by atoms with Crippen molar-refractivity contribution in [3.05, 3.63) is 82.7 Å². The van der Waals surface area contributed by atoms with Gasteiger partial charge in [0.2, 0.25) is 5.78 Å². The standard InChI is InChI=1S/C30H31NO3S/c1-20-14-16-31(19-20)15-5-17-34-24-11-8-22(9-12-24)28-26-13-10-23(32)18-27(26)35-30(28)29(33)25-7-4-3-6-21(25)2/h3-4,6-13,18,20,32H,5,14-17,19H2,1-2H3/t20-/m0/s1. The zero-order chi connectivity index (χ0) is 24.4. The molecule has 0 spiro atoms. The molecular weight excluding hydrogens is 454 g/mol. The number of carbonyl (C=O) groups excluding carboxylic acids is 1. The number of ketones is 1. The second kappa shape index (κ2) is 10.2. The van der Waals surface area contributed by atoms with Gasteiger partial charge in [-0.2, -0.15) is 0 Å². The second-order valence-electron chi connectivity index (χ2n) is 9.55. The van der Waals surface area contributed by atoms with Crippen molar-refractivity contribution in [2.24, 2.45) is 5.92 Å². The molecule has 1 N–H and O–H groups in total. The van der Waals surface area contributed by atoms with Gasteiger partial charge in [-0.15, -0.1) is 11.3 Å². The van der Waals surface area contributed by atoms with Crippen molar-refractivity contribution in [3.8, 4) is 22.6 Å². The molecule has 0 amide bonds. The highest BCUT2D eigenvalue weighted by Gasteiger charge is 2.22. The first-order valence-corrected chi connectivity index (χ1v) is 13.1. The number of carbonyl (C=O) groups is 1. The molecule has 0 bridgehead atoms. The van der Waals surface area contributed by atoms with Gasteiger partial charge in [0, 0.05) is 34.3 Å². The third-order valence-corrected chi connectivity index (χ3v) is 7.96. The molecule has 1 aromatic heterocycles. The minimum Gasteiger partial charge on any atom is -0.508 e. The molecular formula is C30H31NO3S. The van der Waals surface area contributed by atoms with Gasteiger partial charge in [-0.3, -0.25) is 4.79 Å². The van der Waals surface area contributed by atoms with Crippen molar-refractivity contribution in [1.82, 2.24) is 4.90 Å². The third kappa shape index (κ3) is 5.12. The lowest BCUT2D eigenvalue weighted by Gasteiger charge is -2.15. The summed E-state index contributed by atoms with van der Waals surface area (Å²) >= 11 is 1.43. The summed E-state index contributed by atoms with van der Waals surface area (Å²) in [7, 11) is 0. The molecule has 1 saturated heterocycles.